The molecule has 3 N–H and O–H groups in total. The summed E-state index contributed by atoms with van der Waals surface area (Å²) < 4.78 is 6.01. The van der Waals surface area contributed by atoms with Gasteiger partial charge in [0.25, 0.3) is 0 Å². The molecule has 0 aliphatic carbocycles. The third kappa shape index (κ3) is 2.67. The predicted molar refractivity (Wildman–Crippen MR) is 76.2 cm³/mol. The van der Waals surface area contributed by atoms with Crippen molar-refractivity contribution in [1.82, 2.24) is 5.43 Å². The molecule has 0 amide bonds. The van der Waals surface area contributed by atoms with Gasteiger partial charge in [-0.3, -0.25) is 5.84 Å². The standard InChI is InChI=1S/C13H15ClN2OS/c1-8-7-9(3-4-10(8)17-2)13(16-15)11-5-6-12(14)18-11/h3-7,13,16H,15H2,1-2H3. The molecule has 0 aliphatic rings. The van der Waals surface area contributed by atoms with Crippen LogP contribution in [-0.4, -0.2) is 7.11 Å². The van der Waals surface area contributed by atoms with Gasteiger partial charge in [-0.15, -0.1) is 11.3 Å². The minimum absolute atomic E-state index is 0.0490. The van der Waals surface area contributed by atoms with Crippen molar-refractivity contribution in [3.05, 3.63) is 50.7 Å². The van der Waals surface area contributed by atoms with Gasteiger partial charge in [0, 0.05) is 4.88 Å². The van der Waals surface area contributed by atoms with Gasteiger partial charge in [-0.2, -0.15) is 0 Å². The van der Waals surface area contributed by atoms with Crippen LogP contribution in [-0.2, 0) is 0 Å². The quantitative estimate of drug-likeness (QED) is 0.668. The van der Waals surface area contributed by atoms with Crippen molar-refractivity contribution in [2.24, 2.45) is 5.84 Å². The van der Waals surface area contributed by atoms with Crippen LogP contribution < -0.4 is 16.0 Å². The van der Waals surface area contributed by atoms with E-state index >= 15 is 0 Å². The highest BCUT2D eigenvalue weighted by molar-refractivity contribution is 7.16. The van der Waals surface area contributed by atoms with Crippen molar-refractivity contribution in [1.29, 1.82) is 0 Å². The van der Waals surface area contributed by atoms with Crippen LogP contribution in [0, 0.1) is 6.92 Å². The maximum Gasteiger partial charge on any atom is 0.121 e. The Bertz CT molecular complexity index is 542. The second kappa shape index (κ2) is 5.71. The van der Waals surface area contributed by atoms with E-state index in [1.807, 2.05) is 31.2 Å². The third-order valence-corrected chi connectivity index (χ3v) is 4.09. The van der Waals surface area contributed by atoms with E-state index in [1.165, 1.54) is 11.3 Å². The number of nitrogens with two attached hydrogens (primary N) is 1. The smallest absolute Gasteiger partial charge is 0.121 e. The summed E-state index contributed by atoms with van der Waals surface area (Å²) in [5.41, 5.74) is 5.00. The highest BCUT2D eigenvalue weighted by Gasteiger charge is 2.15. The predicted octanol–water partition coefficient (Wildman–Crippen LogP) is 3.27. The molecule has 0 bridgehead atoms. The highest BCUT2D eigenvalue weighted by Crippen LogP contribution is 2.32. The summed E-state index contributed by atoms with van der Waals surface area (Å²) in [5.74, 6) is 6.52. The fourth-order valence-corrected chi connectivity index (χ4v) is 3.06. The van der Waals surface area contributed by atoms with Crippen LogP contribution in [0.15, 0.2) is 30.3 Å². The summed E-state index contributed by atoms with van der Waals surface area (Å²) in [5, 5.41) is 0. The molecule has 2 rings (SSSR count). The zero-order valence-electron chi connectivity index (χ0n) is 10.2. The summed E-state index contributed by atoms with van der Waals surface area (Å²) >= 11 is 7.48. The topological polar surface area (TPSA) is 47.3 Å². The van der Waals surface area contributed by atoms with Gasteiger partial charge < -0.3 is 4.74 Å². The second-order valence-corrected chi connectivity index (χ2v) is 5.72. The number of aryl methyl sites for hydroxylation is 1. The zero-order chi connectivity index (χ0) is 13.1. The lowest BCUT2D eigenvalue weighted by molar-refractivity contribution is 0.411. The minimum Gasteiger partial charge on any atom is -0.496 e. The van der Waals surface area contributed by atoms with Gasteiger partial charge in [0.1, 0.15) is 5.75 Å². The van der Waals surface area contributed by atoms with Crippen LogP contribution in [0.1, 0.15) is 22.0 Å². The lowest BCUT2D eigenvalue weighted by atomic mass is 10.0. The first-order chi connectivity index (χ1) is 8.65. The van der Waals surface area contributed by atoms with Crippen LogP contribution in [0.25, 0.3) is 0 Å². The fourth-order valence-electron chi connectivity index (χ4n) is 1.91. The molecule has 18 heavy (non-hydrogen) atoms. The molecular weight excluding hydrogens is 268 g/mol. The summed E-state index contributed by atoms with van der Waals surface area (Å²) in [7, 11) is 1.67. The van der Waals surface area contributed by atoms with Gasteiger partial charge in [0.15, 0.2) is 0 Å². The van der Waals surface area contributed by atoms with Gasteiger partial charge in [-0.1, -0.05) is 23.7 Å². The molecule has 0 aliphatic heterocycles. The number of thiophene rings is 1. The van der Waals surface area contributed by atoms with Crippen molar-refractivity contribution in [2.75, 3.05) is 7.11 Å². The first-order valence-electron chi connectivity index (χ1n) is 5.51. The van der Waals surface area contributed by atoms with Crippen molar-refractivity contribution in [3.63, 3.8) is 0 Å². The molecule has 0 fully saturated rings. The number of halogens is 1. The number of rotatable bonds is 4. The zero-order valence-corrected chi connectivity index (χ0v) is 11.8. The molecule has 2 aromatic rings. The van der Waals surface area contributed by atoms with E-state index in [9.17, 15) is 0 Å². The number of hydrogen-bond acceptors (Lipinski definition) is 4. The number of hydrogen-bond donors (Lipinski definition) is 2. The second-order valence-electron chi connectivity index (χ2n) is 3.97. The van der Waals surface area contributed by atoms with Gasteiger partial charge in [-0.05, 0) is 36.2 Å². The van der Waals surface area contributed by atoms with Crippen LogP contribution >= 0.6 is 22.9 Å². The van der Waals surface area contributed by atoms with Crippen molar-refractivity contribution in [2.45, 2.75) is 13.0 Å². The normalized spacial score (nSPS) is 12.4. The van der Waals surface area contributed by atoms with Gasteiger partial charge in [-0.25, -0.2) is 5.43 Å². The molecule has 0 saturated heterocycles. The largest absolute Gasteiger partial charge is 0.496 e. The molecule has 0 radical (unpaired) electrons. The lowest BCUT2D eigenvalue weighted by Gasteiger charge is -2.16. The molecule has 5 heteroatoms. The maximum absolute atomic E-state index is 5.96. The fraction of sp³-hybridized carbons (Fsp3) is 0.231. The van der Waals surface area contributed by atoms with Crippen LogP contribution in [0.2, 0.25) is 4.34 Å². The monoisotopic (exact) mass is 282 g/mol. The molecule has 96 valence electrons. The Kier molecular flexibility index (Phi) is 4.24. The molecule has 1 aromatic carbocycles. The van der Waals surface area contributed by atoms with Gasteiger partial charge in [0.2, 0.25) is 0 Å². The summed E-state index contributed by atoms with van der Waals surface area (Å²) in [6, 6.07) is 9.83. The molecule has 0 saturated carbocycles. The van der Waals surface area contributed by atoms with Crippen molar-refractivity contribution >= 4 is 22.9 Å². The summed E-state index contributed by atoms with van der Waals surface area (Å²) in [6.45, 7) is 2.01. The number of ether oxygens (including phenoxy) is 1. The number of hydrazine groups is 1. The van der Waals surface area contributed by atoms with Crippen LogP contribution in [0.5, 0.6) is 5.75 Å². The number of benzene rings is 1. The van der Waals surface area contributed by atoms with Crippen LogP contribution in [0.4, 0.5) is 0 Å². The van der Waals surface area contributed by atoms with E-state index in [0.29, 0.717) is 0 Å². The van der Waals surface area contributed by atoms with Crippen molar-refractivity contribution in [3.8, 4) is 5.75 Å². The average molecular weight is 283 g/mol. The molecule has 1 atom stereocenters. The summed E-state index contributed by atoms with van der Waals surface area (Å²) in [4.78, 5) is 1.09. The van der Waals surface area contributed by atoms with E-state index in [1.54, 1.807) is 7.11 Å². The molecular formula is C13H15ClN2OS. The maximum atomic E-state index is 5.96. The Morgan fingerprint density at radius 2 is 2.11 bits per heavy atom. The summed E-state index contributed by atoms with van der Waals surface area (Å²) in [6.07, 6.45) is 0. The molecule has 1 heterocycles. The van der Waals surface area contributed by atoms with E-state index in [-0.39, 0.29) is 6.04 Å². The van der Waals surface area contributed by atoms with Crippen molar-refractivity contribution < 1.29 is 4.74 Å². The SMILES string of the molecule is COc1ccc(C(NN)c2ccc(Cl)s2)cc1C. The Hall–Kier alpha value is -1.07. The minimum atomic E-state index is -0.0490. The first kappa shape index (κ1) is 13.4. The van der Waals surface area contributed by atoms with Gasteiger partial charge in [0.05, 0.1) is 17.5 Å². The van der Waals surface area contributed by atoms with E-state index in [4.69, 9.17) is 22.2 Å². The molecule has 1 aromatic heterocycles. The molecule has 1 unspecified atom stereocenters. The van der Waals surface area contributed by atoms with Crippen LogP contribution in [0.3, 0.4) is 0 Å². The molecule has 3 nitrogen and oxygen atoms in total. The Balaban J connectivity index is 2.36. The number of nitrogens with one attached hydrogen (secondary N) is 1. The Morgan fingerprint density at radius 1 is 1.33 bits per heavy atom. The Morgan fingerprint density at radius 3 is 2.61 bits per heavy atom. The average Bonchev–Trinajstić information content (AvgIpc) is 2.77. The van der Waals surface area contributed by atoms with E-state index in [0.717, 1.165) is 26.1 Å². The highest BCUT2D eigenvalue weighted by atomic mass is 35.5. The van der Waals surface area contributed by atoms with Gasteiger partial charge >= 0.3 is 0 Å². The lowest BCUT2D eigenvalue weighted by Crippen LogP contribution is -2.28. The van der Waals surface area contributed by atoms with E-state index in [2.05, 4.69) is 11.5 Å². The first-order valence-corrected chi connectivity index (χ1v) is 6.71. The number of methoxy groups -OCH3 is 1. The third-order valence-electron chi connectivity index (χ3n) is 2.80. The molecule has 0 spiro atoms. The van der Waals surface area contributed by atoms with E-state index < -0.39 is 0 Å². The Labute approximate surface area is 116 Å².